The summed E-state index contributed by atoms with van der Waals surface area (Å²) in [5.41, 5.74) is 0.486. The third kappa shape index (κ3) is 3.67. The highest BCUT2D eigenvalue weighted by atomic mass is 35.5. The Hall–Kier alpha value is -1.30. The lowest BCUT2D eigenvalue weighted by atomic mass is 10.2. The minimum Gasteiger partial charge on any atom is -0.377 e. The minimum absolute atomic E-state index is 0.0444. The predicted octanol–water partition coefficient (Wildman–Crippen LogP) is 4.15. The van der Waals surface area contributed by atoms with Crippen LogP contribution in [0.15, 0.2) is 41.3 Å². The lowest BCUT2D eigenvalue weighted by Gasteiger charge is -2.13. The average molecular weight is 348 g/mol. The Morgan fingerprint density at radius 2 is 1.71 bits per heavy atom. The van der Waals surface area contributed by atoms with Gasteiger partial charge in [0, 0.05) is 23.4 Å². The second-order valence-corrected chi connectivity index (χ2v) is 7.24. The second-order valence-electron chi connectivity index (χ2n) is 4.44. The Bertz CT molecular complexity index is 758. The number of hydrogen-bond donors (Lipinski definition) is 1. The van der Waals surface area contributed by atoms with Gasteiger partial charge in [0.1, 0.15) is 5.82 Å². The fourth-order valence-electron chi connectivity index (χ4n) is 1.90. The van der Waals surface area contributed by atoms with Gasteiger partial charge in [-0.05, 0) is 24.3 Å². The van der Waals surface area contributed by atoms with Crippen molar-refractivity contribution in [3.8, 4) is 0 Å². The quantitative estimate of drug-likeness (QED) is 0.903. The first kappa shape index (κ1) is 16.1. The van der Waals surface area contributed by atoms with E-state index in [-0.39, 0.29) is 27.2 Å². The molecule has 1 N–H and O–H groups in total. The zero-order valence-corrected chi connectivity index (χ0v) is 13.4. The van der Waals surface area contributed by atoms with Crippen molar-refractivity contribution in [1.82, 2.24) is 0 Å². The van der Waals surface area contributed by atoms with Crippen molar-refractivity contribution >= 4 is 38.7 Å². The van der Waals surface area contributed by atoms with Gasteiger partial charge in [-0.25, -0.2) is 12.8 Å². The summed E-state index contributed by atoms with van der Waals surface area (Å²) in [6.45, 7) is 0.0444. The summed E-state index contributed by atoms with van der Waals surface area (Å²) in [5.74, 6) is -0.518. The SMILES string of the molecule is CS(=O)(=O)c1cccc(Cl)c1CNc1c(F)cccc1Cl. The Morgan fingerprint density at radius 3 is 2.33 bits per heavy atom. The van der Waals surface area contributed by atoms with Crippen LogP contribution in [0.1, 0.15) is 5.56 Å². The third-order valence-corrected chi connectivity index (χ3v) is 4.73. The van der Waals surface area contributed by atoms with Gasteiger partial charge in [0.25, 0.3) is 0 Å². The summed E-state index contributed by atoms with van der Waals surface area (Å²) in [4.78, 5) is 0.106. The van der Waals surface area contributed by atoms with Crippen LogP contribution in [0.4, 0.5) is 10.1 Å². The molecule has 3 nitrogen and oxygen atoms in total. The molecule has 2 rings (SSSR count). The van der Waals surface area contributed by atoms with E-state index in [9.17, 15) is 12.8 Å². The van der Waals surface area contributed by atoms with Gasteiger partial charge in [-0.2, -0.15) is 0 Å². The van der Waals surface area contributed by atoms with Crippen molar-refractivity contribution in [3.05, 3.63) is 57.8 Å². The van der Waals surface area contributed by atoms with E-state index in [2.05, 4.69) is 5.32 Å². The second kappa shape index (κ2) is 6.22. The molecule has 112 valence electrons. The van der Waals surface area contributed by atoms with Crippen molar-refractivity contribution in [3.63, 3.8) is 0 Å². The molecule has 0 amide bonds. The van der Waals surface area contributed by atoms with Gasteiger partial charge in [0.05, 0.1) is 15.6 Å². The van der Waals surface area contributed by atoms with Gasteiger partial charge in [0.15, 0.2) is 9.84 Å². The molecular formula is C14H12Cl2FNO2S. The molecule has 0 bridgehead atoms. The van der Waals surface area contributed by atoms with Gasteiger partial charge in [0.2, 0.25) is 0 Å². The van der Waals surface area contributed by atoms with E-state index in [0.717, 1.165) is 6.26 Å². The lowest BCUT2D eigenvalue weighted by molar-refractivity contribution is 0.601. The molecule has 0 aliphatic carbocycles. The molecule has 2 aromatic rings. The third-order valence-electron chi connectivity index (χ3n) is 2.88. The standard InChI is InChI=1S/C14H12Cl2FNO2S/c1-21(19,20)13-7-3-4-10(15)9(13)8-18-14-11(16)5-2-6-12(14)17/h2-7,18H,8H2,1H3. The van der Waals surface area contributed by atoms with Crippen LogP contribution in [0.3, 0.4) is 0 Å². The molecule has 0 radical (unpaired) electrons. The van der Waals surface area contributed by atoms with E-state index in [4.69, 9.17) is 23.2 Å². The summed E-state index contributed by atoms with van der Waals surface area (Å²) < 4.78 is 37.2. The van der Waals surface area contributed by atoms with E-state index in [1.807, 2.05) is 0 Å². The highest BCUT2D eigenvalue weighted by Crippen LogP contribution is 2.28. The Morgan fingerprint density at radius 1 is 1.10 bits per heavy atom. The molecule has 0 unspecified atom stereocenters. The van der Waals surface area contributed by atoms with Crippen molar-refractivity contribution in [1.29, 1.82) is 0 Å². The molecule has 0 atom stereocenters. The number of rotatable bonds is 4. The Labute approximate surface area is 132 Å². The maximum absolute atomic E-state index is 13.7. The van der Waals surface area contributed by atoms with E-state index in [1.165, 1.54) is 24.3 Å². The first-order chi connectivity index (χ1) is 9.80. The monoisotopic (exact) mass is 347 g/mol. The molecule has 0 spiro atoms. The molecule has 2 aromatic carbocycles. The smallest absolute Gasteiger partial charge is 0.175 e. The molecule has 0 saturated carbocycles. The van der Waals surface area contributed by atoms with E-state index in [1.54, 1.807) is 12.1 Å². The summed E-state index contributed by atoms with van der Waals surface area (Å²) in [6.07, 6.45) is 1.10. The fraction of sp³-hybridized carbons (Fsp3) is 0.143. The van der Waals surface area contributed by atoms with Crippen LogP contribution in [0.25, 0.3) is 0 Å². The summed E-state index contributed by atoms with van der Waals surface area (Å²) in [5, 5.41) is 3.30. The molecule has 21 heavy (non-hydrogen) atoms. The fourth-order valence-corrected chi connectivity index (χ4v) is 3.38. The molecule has 0 saturated heterocycles. The van der Waals surface area contributed by atoms with Crippen LogP contribution in [0.5, 0.6) is 0 Å². The first-order valence-electron chi connectivity index (χ1n) is 5.96. The van der Waals surface area contributed by atoms with Crippen LogP contribution in [-0.2, 0) is 16.4 Å². The zero-order valence-electron chi connectivity index (χ0n) is 11.0. The number of benzene rings is 2. The Balaban J connectivity index is 2.37. The highest BCUT2D eigenvalue weighted by molar-refractivity contribution is 7.90. The maximum Gasteiger partial charge on any atom is 0.175 e. The summed E-state index contributed by atoms with van der Waals surface area (Å²) in [6, 6.07) is 8.88. The van der Waals surface area contributed by atoms with Crippen LogP contribution < -0.4 is 5.32 Å². The molecule has 7 heteroatoms. The van der Waals surface area contributed by atoms with Gasteiger partial charge in [-0.1, -0.05) is 35.3 Å². The van der Waals surface area contributed by atoms with Gasteiger partial charge < -0.3 is 5.32 Å². The van der Waals surface area contributed by atoms with Crippen molar-refractivity contribution < 1.29 is 12.8 Å². The van der Waals surface area contributed by atoms with Crippen LogP contribution >= 0.6 is 23.2 Å². The molecule has 0 aliphatic rings. The van der Waals surface area contributed by atoms with E-state index in [0.29, 0.717) is 5.56 Å². The number of para-hydroxylation sites is 1. The molecule has 0 fully saturated rings. The summed E-state index contributed by atoms with van der Waals surface area (Å²) in [7, 11) is -3.43. The van der Waals surface area contributed by atoms with E-state index >= 15 is 0 Å². The van der Waals surface area contributed by atoms with Crippen LogP contribution in [0.2, 0.25) is 10.0 Å². The van der Waals surface area contributed by atoms with Crippen molar-refractivity contribution in [2.75, 3.05) is 11.6 Å². The van der Waals surface area contributed by atoms with Gasteiger partial charge in [-0.3, -0.25) is 0 Å². The molecule has 0 aliphatic heterocycles. The lowest BCUT2D eigenvalue weighted by Crippen LogP contribution is -2.09. The first-order valence-corrected chi connectivity index (χ1v) is 8.61. The normalized spacial score (nSPS) is 11.4. The van der Waals surface area contributed by atoms with Gasteiger partial charge >= 0.3 is 0 Å². The van der Waals surface area contributed by atoms with Crippen LogP contribution in [-0.4, -0.2) is 14.7 Å². The highest BCUT2D eigenvalue weighted by Gasteiger charge is 2.16. The topological polar surface area (TPSA) is 46.2 Å². The van der Waals surface area contributed by atoms with Crippen LogP contribution in [0, 0.1) is 5.82 Å². The number of nitrogens with one attached hydrogen (secondary N) is 1. The van der Waals surface area contributed by atoms with Crippen molar-refractivity contribution in [2.45, 2.75) is 11.4 Å². The van der Waals surface area contributed by atoms with Gasteiger partial charge in [-0.15, -0.1) is 0 Å². The number of hydrogen-bond acceptors (Lipinski definition) is 3. The largest absolute Gasteiger partial charge is 0.377 e. The molecule has 0 aromatic heterocycles. The number of halogens is 3. The predicted molar refractivity (Wildman–Crippen MR) is 83.3 cm³/mol. The summed E-state index contributed by atoms with van der Waals surface area (Å²) >= 11 is 12.0. The Kier molecular flexibility index (Phi) is 4.76. The van der Waals surface area contributed by atoms with Crippen molar-refractivity contribution in [2.24, 2.45) is 0 Å². The molecular weight excluding hydrogens is 336 g/mol. The zero-order chi connectivity index (χ0) is 15.6. The minimum atomic E-state index is -3.43. The number of anilines is 1. The van der Waals surface area contributed by atoms with E-state index < -0.39 is 15.7 Å². The number of sulfone groups is 1. The average Bonchev–Trinajstić information content (AvgIpc) is 2.38. The maximum atomic E-state index is 13.7. The molecule has 0 heterocycles.